The van der Waals surface area contributed by atoms with E-state index in [0.29, 0.717) is 25.2 Å². The Bertz CT molecular complexity index is 956. The molecule has 2 aliphatic heterocycles. The first-order valence-corrected chi connectivity index (χ1v) is 20.4. The smallest absolute Gasteiger partial charge is 0.250 e. The van der Waals surface area contributed by atoms with Crippen LogP contribution in [0.5, 0.6) is 0 Å². The second-order valence-corrected chi connectivity index (χ2v) is 25.0. The summed E-state index contributed by atoms with van der Waals surface area (Å²) in [6.45, 7) is 22.3. The Hall–Kier alpha value is -0.306. The van der Waals surface area contributed by atoms with E-state index in [4.69, 9.17) is 27.8 Å². The minimum atomic E-state index is -1.90. The summed E-state index contributed by atoms with van der Waals surface area (Å²) in [7, 11) is -0.509. The van der Waals surface area contributed by atoms with Gasteiger partial charge in [0, 0.05) is 33.5 Å². The zero-order valence-electron chi connectivity index (χ0n) is 26.3. The lowest BCUT2D eigenvalue weighted by Crippen LogP contribution is -2.51. The molecule has 4 fully saturated rings. The summed E-state index contributed by atoms with van der Waals surface area (Å²) < 4.78 is 35.2. The molecule has 0 aromatic heterocycles. The number of rotatable bonds is 6. The molecule has 0 aromatic rings. The SMILES string of the molecule is COC1C[C@@]2(O)CC3C[C@]3(O[Si](C)(C)C(C)(C)C)[C@H]2O1.COC1C[C@@]2(O)CC=C(O[Si](C)(C)C(C)(C)C)[C@H]2O1. The molecule has 2 N–H and O–H groups in total. The molecule has 0 bridgehead atoms. The van der Waals surface area contributed by atoms with Crippen molar-refractivity contribution in [2.75, 3.05) is 14.2 Å². The molecule has 0 amide bonds. The monoisotopic (exact) mass is 586 g/mol. The number of fused-ring (bicyclic) bond motifs is 4. The van der Waals surface area contributed by atoms with Crippen LogP contribution >= 0.6 is 0 Å². The van der Waals surface area contributed by atoms with E-state index in [0.717, 1.165) is 18.6 Å². The first kappa shape index (κ1) is 31.6. The van der Waals surface area contributed by atoms with Gasteiger partial charge in [-0.2, -0.15) is 0 Å². The maximum atomic E-state index is 10.8. The van der Waals surface area contributed by atoms with Gasteiger partial charge in [0.25, 0.3) is 0 Å². The van der Waals surface area contributed by atoms with E-state index in [1.54, 1.807) is 14.2 Å². The largest absolute Gasteiger partial charge is 0.545 e. The molecule has 3 aliphatic carbocycles. The maximum absolute atomic E-state index is 10.8. The lowest BCUT2D eigenvalue weighted by molar-refractivity contribution is -0.151. The van der Waals surface area contributed by atoms with E-state index in [1.165, 1.54) is 0 Å². The van der Waals surface area contributed by atoms with Gasteiger partial charge in [0.05, 0.1) is 11.2 Å². The molecule has 226 valence electrons. The second kappa shape index (κ2) is 9.87. The van der Waals surface area contributed by atoms with E-state index in [2.05, 4.69) is 67.7 Å². The van der Waals surface area contributed by atoms with E-state index < -0.39 is 27.8 Å². The third kappa shape index (κ3) is 5.59. The molecule has 0 spiro atoms. The topological polar surface area (TPSA) is 95.8 Å². The van der Waals surface area contributed by atoms with Gasteiger partial charge in [-0.05, 0) is 61.1 Å². The number of methoxy groups -OCH3 is 2. The molecule has 5 rings (SSSR count). The first-order chi connectivity index (χ1) is 17.6. The van der Waals surface area contributed by atoms with Crippen molar-refractivity contribution in [1.82, 2.24) is 0 Å². The van der Waals surface area contributed by atoms with Crippen LogP contribution in [0.3, 0.4) is 0 Å². The minimum absolute atomic E-state index is 0.133. The van der Waals surface area contributed by atoms with Crippen molar-refractivity contribution in [3.05, 3.63) is 11.8 Å². The zero-order chi connectivity index (χ0) is 29.4. The third-order valence-corrected chi connectivity index (χ3v) is 19.5. The number of ether oxygens (including phenoxy) is 4. The average molecular weight is 587 g/mol. The Morgan fingerprint density at radius 1 is 0.795 bits per heavy atom. The fourth-order valence-corrected chi connectivity index (χ4v) is 8.76. The molecule has 3 unspecified atom stereocenters. The van der Waals surface area contributed by atoms with Gasteiger partial charge in [0.2, 0.25) is 8.32 Å². The number of hydrogen-bond donors (Lipinski definition) is 2. The van der Waals surface area contributed by atoms with Crippen molar-refractivity contribution in [3.63, 3.8) is 0 Å². The molecule has 8 nitrogen and oxygen atoms in total. The zero-order valence-corrected chi connectivity index (χ0v) is 28.3. The highest BCUT2D eigenvalue weighted by atomic mass is 28.4. The predicted octanol–water partition coefficient (Wildman–Crippen LogP) is 5.45. The molecular weight excluding hydrogens is 532 g/mol. The van der Waals surface area contributed by atoms with Crippen molar-refractivity contribution >= 4 is 16.6 Å². The summed E-state index contributed by atoms with van der Waals surface area (Å²) >= 11 is 0. The Balaban J connectivity index is 0.000000181. The third-order valence-electron chi connectivity index (χ3n) is 10.6. The van der Waals surface area contributed by atoms with Crippen LogP contribution < -0.4 is 0 Å². The molecule has 0 radical (unpaired) electrons. The van der Waals surface area contributed by atoms with Gasteiger partial charge in [-0.25, -0.2) is 0 Å². The van der Waals surface area contributed by atoms with Crippen LogP contribution in [0.2, 0.25) is 36.3 Å². The standard InChI is InChI=1S/C15H28O4Si.C14H26O4Si/c1-13(2,3)20(5,6)19-15-8-10(15)7-14(16)9-11(17-4)18-12(14)15;1-13(2,3)19(5,6)18-10-7-8-14(15)9-11(16-4)17-12(10)14/h10-12,16H,7-9H2,1-6H3;7,11-12,15H,8-9H2,1-6H3/t10?,11?,12-,14-,15+;11?,12-,14+/m01/s1. The van der Waals surface area contributed by atoms with Gasteiger partial charge in [-0.3, -0.25) is 0 Å². The van der Waals surface area contributed by atoms with Crippen molar-refractivity contribution in [3.8, 4) is 0 Å². The highest BCUT2D eigenvalue weighted by Crippen LogP contribution is 2.67. The molecular formula is C29H54O8Si2. The normalized spacial score (nSPS) is 41.4. The van der Waals surface area contributed by atoms with Crippen LogP contribution in [0, 0.1) is 5.92 Å². The quantitative estimate of drug-likeness (QED) is 0.397. The summed E-state index contributed by atoms with van der Waals surface area (Å²) in [5, 5.41) is 21.7. The van der Waals surface area contributed by atoms with Crippen LogP contribution in [-0.4, -0.2) is 82.7 Å². The molecule has 2 heterocycles. The van der Waals surface area contributed by atoms with Gasteiger partial charge < -0.3 is 38.0 Å². The van der Waals surface area contributed by atoms with E-state index >= 15 is 0 Å². The summed E-state index contributed by atoms with van der Waals surface area (Å²) in [5.74, 6) is 1.26. The Morgan fingerprint density at radius 2 is 1.33 bits per heavy atom. The predicted molar refractivity (Wildman–Crippen MR) is 155 cm³/mol. The van der Waals surface area contributed by atoms with Crippen LogP contribution in [0.25, 0.3) is 0 Å². The van der Waals surface area contributed by atoms with Crippen LogP contribution in [0.4, 0.5) is 0 Å². The van der Waals surface area contributed by atoms with E-state index in [1.807, 2.05) is 6.08 Å². The van der Waals surface area contributed by atoms with Crippen molar-refractivity contribution < 1.29 is 38.0 Å². The van der Waals surface area contributed by atoms with Crippen molar-refractivity contribution in [2.45, 2.75) is 152 Å². The van der Waals surface area contributed by atoms with Crippen LogP contribution in [0.15, 0.2) is 11.8 Å². The van der Waals surface area contributed by atoms with Crippen molar-refractivity contribution in [1.29, 1.82) is 0 Å². The van der Waals surface area contributed by atoms with E-state index in [-0.39, 0.29) is 40.5 Å². The average Bonchev–Trinajstić information content (AvgIpc) is 3.04. The summed E-state index contributed by atoms with van der Waals surface area (Å²) in [6, 6.07) is 0. The van der Waals surface area contributed by atoms with E-state index in [9.17, 15) is 10.2 Å². The Labute approximate surface area is 238 Å². The second-order valence-electron chi connectivity index (χ2n) is 15.6. The van der Waals surface area contributed by atoms with Crippen LogP contribution in [-0.2, 0) is 27.8 Å². The molecule has 5 aliphatic rings. The lowest BCUT2D eigenvalue weighted by Gasteiger charge is -2.41. The fourth-order valence-electron chi connectivity index (χ4n) is 6.06. The molecule has 0 aromatic carbocycles. The summed E-state index contributed by atoms with van der Waals surface area (Å²) in [5.41, 5.74) is -1.84. The summed E-state index contributed by atoms with van der Waals surface area (Å²) in [4.78, 5) is 0. The van der Waals surface area contributed by atoms with Crippen LogP contribution in [0.1, 0.15) is 73.6 Å². The fraction of sp³-hybridized carbons (Fsp3) is 0.931. The Kier molecular flexibility index (Phi) is 8.01. The highest BCUT2D eigenvalue weighted by molar-refractivity contribution is 6.74. The highest BCUT2D eigenvalue weighted by Gasteiger charge is 2.77. The van der Waals surface area contributed by atoms with Crippen molar-refractivity contribution in [2.24, 2.45) is 5.92 Å². The maximum Gasteiger partial charge on any atom is 0.250 e. The number of aliphatic hydroxyl groups is 2. The van der Waals surface area contributed by atoms with Gasteiger partial charge in [0.1, 0.15) is 23.6 Å². The van der Waals surface area contributed by atoms with Gasteiger partial charge in [-0.1, -0.05) is 41.5 Å². The lowest BCUT2D eigenvalue weighted by atomic mass is 9.93. The Morgan fingerprint density at radius 3 is 1.87 bits per heavy atom. The molecule has 2 saturated heterocycles. The molecule has 39 heavy (non-hydrogen) atoms. The minimum Gasteiger partial charge on any atom is -0.545 e. The first-order valence-electron chi connectivity index (χ1n) is 14.5. The number of hydrogen-bond acceptors (Lipinski definition) is 8. The molecule has 10 heteroatoms. The molecule has 8 atom stereocenters. The summed E-state index contributed by atoms with van der Waals surface area (Å²) in [6.07, 6.45) is 4.29. The van der Waals surface area contributed by atoms with Gasteiger partial charge in [-0.15, -0.1) is 0 Å². The molecule has 2 saturated carbocycles. The van der Waals surface area contributed by atoms with Gasteiger partial charge >= 0.3 is 0 Å². The van der Waals surface area contributed by atoms with Gasteiger partial charge in [0.15, 0.2) is 20.9 Å².